The van der Waals surface area contributed by atoms with Crippen LogP contribution in [0.1, 0.15) is 27.2 Å². The number of aliphatic hydroxyl groups excluding tert-OH is 1. The Morgan fingerprint density at radius 3 is 2.29 bits per heavy atom. The van der Waals surface area contributed by atoms with Crippen LogP contribution in [0.5, 0.6) is 0 Å². The zero-order valence-electron chi connectivity index (χ0n) is 10.6. The second kappa shape index (κ2) is 7.89. The molecular formula is C11H22N2O4. The number of carbonyl (C=O) groups is 2. The highest BCUT2D eigenvalue weighted by Crippen LogP contribution is 2.02. The molecule has 0 aliphatic rings. The summed E-state index contributed by atoms with van der Waals surface area (Å²) in [6.45, 7) is 5.98. The van der Waals surface area contributed by atoms with Crippen molar-refractivity contribution in [1.82, 2.24) is 10.2 Å². The number of carboxylic acid groups (broad SMARTS) is 1. The topological polar surface area (TPSA) is 89.9 Å². The van der Waals surface area contributed by atoms with Crippen molar-refractivity contribution in [2.45, 2.75) is 33.2 Å². The maximum absolute atomic E-state index is 11.7. The van der Waals surface area contributed by atoms with E-state index in [1.807, 2.05) is 13.8 Å². The minimum atomic E-state index is -0.872. The SMILES string of the molecule is CC(CNC(=O)N(CCO)C(C)C)CC(=O)O. The van der Waals surface area contributed by atoms with E-state index in [1.165, 1.54) is 4.90 Å². The maximum atomic E-state index is 11.7. The Labute approximate surface area is 102 Å². The van der Waals surface area contributed by atoms with Crippen LogP contribution >= 0.6 is 0 Å². The van der Waals surface area contributed by atoms with Gasteiger partial charge in [0.25, 0.3) is 0 Å². The molecule has 0 aromatic rings. The average molecular weight is 246 g/mol. The van der Waals surface area contributed by atoms with Gasteiger partial charge in [0.15, 0.2) is 0 Å². The first kappa shape index (κ1) is 15.7. The molecule has 0 spiro atoms. The van der Waals surface area contributed by atoms with Gasteiger partial charge in [0.05, 0.1) is 6.61 Å². The second-order valence-electron chi connectivity index (χ2n) is 4.40. The molecule has 6 heteroatoms. The fourth-order valence-electron chi connectivity index (χ4n) is 1.44. The van der Waals surface area contributed by atoms with Crippen molar-refractivity contribution in [2.75, 3.05) is 19.7 Å². The molecule has 3 N–H and O–H groups in total. The Bertz CT molecular complexity index is 256. The zero-order valence-corrected chi connectivity index (χ0v) is 10.6. The third kappa shape index (κ3) is 6.78. The Morgan fingerprint density at radius 1 is 1.29 bits per heavy atom. The van der Waals surface area contributed by atoms with Crippen LogP contribution in [-0.4, -0.2) is 52.9 Å². The van der Waals surface area contributed by atoms with Crippen molar-refractivity contribution in [3.05, 3.63) is 0 Å². The molecule has 0 saturated carbocycles. The van der Waals surface area contributed by atoms with Gasteiger partial charge < -0.3 is 20.4 Å². The number of nitrogens with one attached hydrogen (secondary N) is 1. The summed E-state index contributed by atoms with van der Waals surface area (Å²) in [5, 5.41) is 20.1. The summed E-state index contributed by atoms with van der Waals surface area (Å²) in [6, 6.07) is -0.275. The smallest absolute Gasteiger partial charge is 0.317 e. The van der Waals surface area contributed by atoms with Gasteiger partial charge in [-0.1, -0.05) is 6.92 Å². The lowest BCUT2D eigenvalue weighted by Crippen LogP contribution is -2.46. The molecule has 6 nitrogen and oxygen atoms in total. The lowest BCUT2D eigenvalue weighted by molar-refractivity contribution is -0.137. The van der Waals surface area contributed by atoms with Gasteiger partial charge in [-0.25, -0.2) is 4.79 Å². The summed E-state index contributed by atoms with van der Waals surface area (Å²) in [6.07, 6.45) is 0.0297. The Kier molecular flexibility index (Phi) is 7.29. The molecule has 0 radical (unpaired) electrons. The summed E-state index contributed by atoms with van der Waals surface area (Å²) in [4.78, 5) is 23.7. The van der Waals surface area contributed by atoms with Crippen LogP contribution in [-0.2, 0) is 4.79 Å². The zero-order chi connectivity index (χ0) is 13.4. The lowest BCUT2D eigenvalue weighted by atomic mass is 10.1. The number of hydrogen-bond acceptors (Lipinski definition) is 3. The predicted molar refractivity (Wildman–Crippen MR) is 63.7 cm³/mol. The molecule has 0 heterocycles. The molecule has 0 aromatic heterocycles. The molecule has 0 aromatic carbocycles. The Balaban J connectivity index is 4.09. The number of aliphatic carboxylic acids is 1. The van der Waals surface area contributed by atoms with Crippen LogP contribution in [0.2, 0.25) is 0 Å². The van der Waals surface area contributed by atoms with Gasteiger partial charge in [-0.15, -0.1) is 0 Å². The van der Waals surface area contributed by atoms with E-state index in [1.54, 1.807) is 6.92 Å². The minimum absolute atomic E-state index is 0.00284. The second-order valence-corrected chi connectivity index (χ2v) is 4.40. The number of hydrogen-bond donors (Lipinski definition) is 3. The molecule has 0 rings (SSSR count). The van der Waals surface area contributed by atoms with E-state index < -0.39 is 5.97 Å². The maximum Gasteiger partial charge on any atom is 0.317 e. The molecule has 0 saturated heterocycles. The number of rotatable bonds is 7. The van der Waals surface area contributed by atoms with Crippen LogP contribution in [0, 0.1) is 5.92 Å². The normalized spacial score (nSPS) is 12.3. The first-order chi connectivity index (χ1) is 7.88. The summed E-state index contributed by atoms with van der Waals surface area (Å²) < 4.78 is 0. The van der Waals surface area contributed by atoms with Crippen LogP contribution in [0.3, 0.4) is 0 Å². The van der Waals surface area contributed by atoms with Gasteiger partial charge in [0, 0.05) is 25.6 Å². The minimum Gasteiger partial charge on any atom is -0.481 e. The van der Waals surface area contributed by atoms with Gasteiger partial charge in [0.1, 0.15) is 0 Å². The van der Waals surface area contributed by atoms with Crippen molar-refractivity contribution in [2.24, 2.45) is 5.92 Å². The van der Waals surface area contributed by atoms with Crippen LogP contribution in [0.15, 0.2) is 0 Å². The van der Waals surface area contributed by atoms with E-state index in [0.29, 0.717) is 6.54 Å². The third-order valence-corrected chi connectivity index (χ3v) is 2.35. The van der Waals surface area contributed by atoms with Crippen molar-refractivity contribution >= 4 is 12.0 Å². The highest BCUT2D eigenvalue weighted by atomic mass is 16.4. The molecule has 0 fully saturated rings. The van der Waals surface area contributed by atoms with Gasteiger partial charge in [-0.2, -0.15) is 0 Å². The molecule has 0 aliphatic carbocycles. The molecule has 2 amide bonds. The molecule has 0 bridgehead atoms. The highest BCUT2D eigenvalue weighted by molar-refractivity contribution is 5.74. The van der Waals surface area contributed by atoms with Crippen molar-refractivity contribution in [1.29, 1.82) is 0 Å². The largest absolute Gasteiger partial charge is 0.481 e. The number of carboxylic acids is 1. The quantitative estimate of drug-likeness (QED) is 0.610. The Hall–Kier alpha value is -1.30. The highest BCUT2D eigenvalue weighted by Gasteiger charge is 2.17. The molecule has 0 aliphatic heterocycles. The van der Waals surface area contributed by atoms with Crippen LogP contribution < -0.4 is 5.32 Å². The number of amides is 2. The number of nitrogens with zero attached hydrogens (tertiary/aromatic N) is 1. The first-order valence-corrected chi connectivity index (χ1v) is 5.75. The van der Waals surface area contributed by atoms with E-state index in [9.17, 15) is 9.59 Å². The molecular weight excluding hydrogens is 224 g/mol. The summed E-state index contributed by atoms with van der Waals surface area (Å²) in [7, 11) is 0. The monoisotopic (exact) mass is 246 g/mol. The van der Waals surface area contributed by atoms with Crippen LogP contribution in [0.4, 0.5) is 4.79 Å². The van der Waals surface area contributed by atoms with Gasteiger partial charge >= 0.3 is 12.0 Å². The van der Waals surface area contributed by atoms with Crippen molar-refractivity contribution < 1.29 is 19.8 Å². The third-order valence-electron chi connectivity index (χ3n) is 2.35. The summed E-state index contributed by atoms with van der Waals surface area (Å²) >= 11 is 0. The fraction of sp³-hybridized carbons (Fsp3) is 0.818. The van der Waals surface area contributed by atoms with Gasteiger partial charge in [-0.05, 0) is 19.8 Å². The molecule has 100 valence electrons. The van der Waals surface area contributed by atoms with E-state index in [2.05, 4.69) is 5.32 Å². The fourth-order valence-corrected chi connectivity index (χ4v) is 1.44. The summed E-state index contributed by atoms with van der Waals surface area (Å²) in [5.41, 5.74) is 0. The standard InChI is InChI=1S/C11H22N2O4/c1-8(2)13(4-5-14)11(17)12-7-9(3)6-10(15)16/h8-9,14H,4-7H2,1-3H3,(H,12,17)(H,15,16). The number of urea groups is 1. The first-order valence-electron chi connectivity index (χ1n) is 5.75. The molecule has 17 heavy (non-hydrogen) atoms. The van der Waals surface area contributed by atoms with E-state index >= 15 is 0 Å². The number of aliphatic hydroxyl groups is 1. The van der Waals surface area contributed by atoms with E-state index in [-0.39, 0.29) is 37.6 Å². The van der Waals surface area contributed by atoms with E-state index in [4.69, 9.17) is 10.2 Å². The Morgan fingerprint density at radius 2 is 1.88 bits per heavy atom. The summed E-state index contributed by atoms with van der Waals surface area (Å²) in [5.74, 6) is -0.984. The van der Waals surface area contributed by atoms with Gasteiger partial charge in [0.2, 0.25) is 0 Å². The van der Waals surface area contributed by atoms with Crippen molar-refractivity contribution in [3.8, 4) is 0 Å². The predicted octanol–water partition coefficient (Wildman–Crippen LogP) is 0.509. The van der Waals surface area contributed by atoms with Crippen LogP contribution in [0.25, 0.3) is 0 Å². The van der Waals surface area contributed by atoms with E-state index in [0.717, 1.165) is 0 Å². The number of carbonyl (C=O) groups excluding carboxylic acids is 1. The lowest BCUT2D eigenvalue weighted by Gasteiger charge is -2.26. The molecule has 1 unspecified atom stereocenters. The van der Waals surface area contributed by atoms with Gasteiger partial charge in [-0.3, -0.25) is 4.79 Å². The van der Waals surface area contributed by atoms with Crippen molar-refractivity contribution in [3.63, 3.8) is 0 Å². The average Bonchev–Trinajstić information content (AvgIpc) is 2.21. The molecule has 1 atom stereocenters.